The zero-order valence-corrected chi connectivity index (χ0v) is 17.6. The van der Waals surface area contributed by atoms with Crippen molar-refractivity contribution in [3.63, 3.8) is 0 Å². The van der Waals surface area contributed by atoms with Crippen molar-refractivity contribution in [3.05, 3.63) is 84.9 Å². The quantitative estimate of drug-likeness (QED) is 0.319. The largest absolute Gasteiger partial charge is 0.496 e. The van der Waals surface area contributed by atoms with Crippen LogP contribution in [0.25, 0.3) is 11.5 Å². The Morgan fingerprint density at radius 3 is 2.19 bits per heavy atom. The topological polar surface area (TPSA) is 80.5 Å². The smallest absolute Gasteiger partial charge is 0.277 e. The van der Waals surface area contributed by atoms with Gasteiger partial charge in [-0.2, -0.15) is 0 Å². The molecule has 8 heteroatoms. The van der Waals surface area contributed by atoms with Crippen molar-refractivity contribution in [2.45, 2.75) is 5.22 Å². The molecular weight excluding hydrogens is 412 g/mol. The SMILES string of the molecule is COc1ccccc1-c1nnc(SCC(=O)NN(c2ccccc2)c2ccccc2)o1. The second-order valence-electron chi connectivity index (χ2n) is 6.40. The summed E-state index contributed by atoms with van der Waals surface area (Å²) >= 11 is 1.17. The van der Waals surface area contributed by atoms with E-state index in [1.807, 2.05) is 84.9 Å². The molecule has 156 valence electrons. The Labute approximate surface area is 184 Å². The number of nitrogens with zero attached hydrogens (tertiary/aromatic N) is 3. The van der Waals surface area contributed by atoms with Gasteiger partial charge in [0.15, 0.2) is 0 Å². The molecule has 4 rings (SSSR count). The van der Waals surface area contributed by atoms with Gasteiger partial charge in [-0.15, -0.1) is 10.2 Å². The number of ether oxygens (including phenoxy) is 1. The van der Waals surface area contributed by atoms with Gasteiger partial charge in [0.1, 0.15) is 5.75 Å². The lowest BCUT2D eigenvalue weighted by Crippen LogP contribution is -2.39. The molecule has 4 aromatic rings. The lowest BCUT2D eigenvalue weighted by atomic mass is 10.2. The van der Waals surface area contributed by atoms with Gasteiger partial charge >= 0.3 is 0 Å². The third kappa shape index (κ3) is 5.04. The molecule has 1 amide bonds. The van der Waals surface area contributed by atoms with Crippen LogP contribution < -0.4 is 15.2 Å². The molecule has 31 heavy (non-hydrogen) atoms. The Bertz CT molecular complexity index is 1100. The molecule has 0 unspecified atom stereocenters. The second-order valence-corrected chi connectivity index (χ2v) is 7.33. The number of hydrogen-bond donors (Lipinski definition) is 1. The number of thioether (sulfide) groups is 1. The number of anilines is 2. The minimum absolute atomic E-state index is 0.115. The molecule has 0 atom stereocenters. The van der Waals surface area contributed by atoms with E-state index in [0.29, 0.717) is 22.4 Å². The number of para-hydroxylation sites is 3. The molecule has 1 aromatic heterocycles. The van der Waals surface area contributed by atoms with Gasteiger partial charge in [-0.1, -0.05) is 60.3 Å². The predicted molar refractivity (Wildman–Crippen MR) is 120 cm³/mol. The first kappa shape index (κ1) is 20.5. The van der Waals surface area contributed by atoms with Crippen LogP contribution >= 0.6 is 11.8 Å². The Balaban J connectivity index is 1.43. The number of hydrazine groups is 1. The molecule has 0 aliphatic carbocycles. The van der Waals surface area contributed by atoms with E-state index < -0.39 is 0 Å². The summed E-state index contributed by atoms with van der Waals surface area (Å²) in [5.41, 5.74) is 5.34. The van der Waals surface area contributed by atoms with E-state index in [2.05, 4.69) is 15.6 Å². The number of rotatable bonds is 8. The third-order valence-corrected chi connectivity index (χ3v) is 5.15. The average molecular weight is 433 g/mol. The van der Waals surface area contributed by atoms with Gasteiger partial charge in [0.25, 0.3) is 11.1 Å². The number of carbonyl (C=O) groups excluding carboxylic acids is 1. The molecular formula is C23H20N4O3S. The van der Waals surface area contributed by atoms with Crippen LogP contribution in [-0.4, -0.2) is 29.0 Å². The van der Waals surface area contributed by atoms with Crippen molar-refractivity contribution in [2.75, 3.05) is 17.9 Å². The van der Waals surface area contributed by atoms with Gasteiger partial charge in [-0.05, 0) is 36.4 Å². The highest BCUT2D eigenvalue weighted by Gasteiger charge is 2.16. The van der Waals surface area contributed by atoms with Crippen molar-refractivity contribution in [1.29, 1.82) is 0 Å². The predicted octanol–water partition coefficient (Wildman–Crippen LogP) is 4.71. The van der Waals surface area contributed by atoms with E-state index in [-0.39, 0.29) is 11.7 Å². The molecule has 0 aliphatic rings. The molecule has 1 N–H and O–H groups in total. The maximum Gasteiger partial charge on any atom is 0.277 e. The van der Waals surface area contributed by atoms with Gasteiger partial charge in [-0.25, -0.2) is 0 Å². The van der Waals surface area contributed by atoms with Gasteiger partial charge in [-0.3, -0.25) is 15.2 Å². The first-order valence-corrected chi connectivity index (χ1v) is 10.5. The number of aromatic nitrogens is 2. The number of amides is 1. The molecule has 7 nitrogen and oxygen atoms in total. The van der Waals surface area contributed by atoms with E-state index in [1.165, 1.54) is 11.8 Å². The first-order valence-electron chi connectivity index (χ1n) is 9.54. The summed E-state index contributed by atoms with van der Waals surface area (Å²) in [4.78, 5) is 12.7. The zero-order chi connectivity index (χ0) is 21.5. The van der Waals surface area contributed by atoms with E-state index in [9.17, 15) is 4.79 Å². The standard InChI is InChI=1S/C23H20N4O3S/c1-29-20-15-9-8-14-19(20)22-24-25-23(30-22)31-16-21(28)26-27(17-10-4-2-5-11-17)18-12-6-3-7-13-18/h2-15H,16H2,1H3,(H,26,28). The molecule has 0 spiro atoms. The fourth-order valence-electron chi connectivity index (χ4n) is 2.91. The molecule has 1 heterocycles. The lowest BCUT2D eigenvalue weighted by molar-refractivity contribution is -0.118. The first-order chi connectivity index (χ1) is 15.2. The summed E-state index contributed by atoms with van der Waals surface area (Å²) < 4.78 is 11.0. The van der Waals surface area contributed by atoms with Crippen LogP contribution in [0.1, 0.15) is 0 Å². The summed E-state index contributed by atoms with van der Waals surface area (Å²) in [5.74, 6) is 0.899. The van der Waals surface area contributed by atoms with E-state index >= 15 is 0 Å². The van der Waals surface area contributed by atoms with E-state index in [0.717, 1.165) is 11.4 Å². The molecule has 0 fully saturated rings. The van der Waals surface area contributed by atoms with Crippen LogP contribution in [0.15, 0.2) is 94.6 Å². The number of methoxy groups -OCH3 is 1. The maximum atomic E-state index is 12.7. The van der Waals surface area contributed by atoms with Gasteiger partial charge in [0.2, 0.25) is 5.91 Å². The Morgan fingerprint density at radius 1 is 0.935 bits per heavy atom. The van der Waals surface area contributed by atoms with Crippen molar-refractivity contribution < 1.29 is 13.9 Å². The Kier molecular flexibility index (Phi) is 6.49. The molecule has 0 bridgehead atoms. The number of hydrogen-bond acceptors (Lipinski definition) is 7. The zero-order valence-electron chi connectivity index (χ0n) is 16.8. The Morgan fingerprint density at radius 2 is 1.55 bits per heavy atom. The van der Waals surface area contributed by atoms with Crippen LogP contribution in [-0.2, 0) is 4.79 Å². The highest BCUT2D eigenvalue weighted by molar-refractivity contribution is 7.99. The van der Waals surface area contributed by atoms with E-state index in [1.54, 1.807) is 12.1 Å². The minimum Gasteiger partial charge on any atom is -0.496 e. The summed E-state index contributed by atoms with van der Waals surface area (Å²) in [6.45, 7) is 0. The van der Waals surface area contributed by atoms with Crippen LogP contribution in [0.4, 0.5) is 11.4 Å². The lowest BCUT2D eigenvalue weighted by Gasteiger charge is -2.25. The molecule has 0 aliphatic heterocycles. The fraction of sp³-hybridized carbons (Fsp3) is 0.0870. The van der Waals surface area contributed by atoms with Crippen LogP contribution in [0.5, 0.6) is 5.75 Å². The molecule has 0 saturated heterocycles. The summed E-state index contributed by atoms with van der Waals surface area (Å²) in [6.07, 6.45) is 0. The average Bonchev–Trinajstić information content (AvgIpc) is 3.31. The minimum atomic E-state index is -0.199. The van der Waals surface area contributed by atoms with Crippen molar-refractivity contribution in [2.24, 2.45) is 0 Å². The Hall–Kier alpha value is -3.78. The van der Waals surface area contributed by atoms with Crippen molar-refractivity contribution >= 4 is 29.0 Å². The summed E-state index contributed by atoms with van der Waals surface area (Å²) in [6, 6.07) is 26.6. The van der Waals surface area contributed by atoms with E-state index in [4.69, 9.17) is 9.15 Å². The van der Waals surface area contributed by atoms with Crippen LogP contribution in [0, 0.1) is 0 Å². The van der Waals surface area contributed by atoms with Gasteiger partial charge < -0.3 is 9.15 Å². The molecule has 0 radical (unpaired) electrons. The highest BCUT2D eigenvalue weighted by Crippen LogP contribution is 2.30. The number of benzene rings is 3. The molecule has 0 saturated carbocycles. The normalized spacial score (nSPS) is 10.5. The third-order valence-electron chi connectivity index (χ3n) is 4.34. The second kappa shape index (κ2) is 9.82. The highest BCUT2D eigenvalue weighted by atomic mass is 32.2. The summed E-state index contributed by atoms with van der Waals surface area (Å²) in [5, 5.41) is 10.2. The van der Waals surface area contributed by atoms with Crippen LogP contribution in [0.3, 0.4) is 0 Å². The van der Waals surface area contributed by atoms with Gasteiger partial charge in [0, 0.05) is 0 Å². The van der Waals surface area contributed by atoms with Crippen LogP contribution in [0.2, 0.25) is 0 Å². The monoisotopic (exact) mass is 432 g/mol. The number of carbonyl (C=O) groups is 1. The van der Waals surface area contributed by atoms with Crippen molar-refractivity contribution in [1.82, 2.24) is 15.6 Å². The maximum absolute atomic E-state index is 12.7. The van der Waals surface area contributed by atoms with Crippen molar-refractivity contribution in [3.8, 4) is 17.2 Å². The fourth-order valence-corrected chi connectivity index (χ4v) is 3.47. The molecule has 3 aromatic carbocycles. The number of nitrogens with one attached hydrogen (secondary N) is 1. The van der Waals surface area contributed by atoms with Gasteiger partial charge in [0.05, 0.1) is 29.8 Å². The summed E-state index contributed by atoms with van der Waals surface area (Å²) in [7, 11) is 1.58.